The average molecular weight is 360 g/mol. The quantitative estimate of drug-likeness (QED) is 0.391. The molecule has 26 heavy (non-hydrogen) atoms. The number of nitrogens with zero attached hydrogens (tertiary/aromatic N) is 2. The Labute approximate surface area is 155 Å². The van der Waals surface area contributed by atoms with Crippen LogP contribution in [-0.2, 0) is 0 Å². The molecule has 5 heteroatoms. The Morgan fingerprint density at radius 1 is 1.08 bits per heavy atom. The molecule has 0 spiro atoms. The molecule has 4 aliphatic rings. The molecule has 0 amide bonds. The van der Waals surface area contributed by atoms with E-state index in [-0.39, 0.29) is 23.4 Å². The van der Waals surface area contributed by atoms with E-state index < -0.39 is 0 Å². The van der Waals surface area contributed by atoms with Crippen molar-refractivity contribution >= 4 is 11.4 Å². The van der Waals surface area contributed by atoms with Gasteiger partial charge in [0, 0.05) is 5.92 Å². The van der Waals surface area contributed by atoms with Gasteiger partial charge < -0.3 is 15.5 Å². The first-order chi connectivity index (χ1) is 12.5. The molecule has 0 aromatic carbocycles. The van der Waals surface area contributed by atoms with E-state index in [1.807, 2.05) is 0 Å². The number of aliphatic hydroxyl groups is 1. The number of rotatable bonds is 2. The molecule has 0 bridgehead atoms. The Hall–Kier alpha value is -1.36. The zero-order chi connectivity index (χ0) is 18.5. The first kappa shape index (κ1) is 18.0. The fourth-order valence-electron chi connectivity index (χ4n) is 7.41. The summed E-state index contributed by atoms with van der Waals surface area (Å²) in [6.07, 6.45) is 11.0. The normalized spacial score (nSPS) is 47.1. The average Bonchev–Trinajstić information content (AvgIpc) is 2.99. The van der Waals surface area contributed by atoms with E-state index in [1.54, 1.807) is 0 Å². The van der Waals surface area contributed by atoms with Crippen LogP contribution in [0.15, 0.2) is 22.0 Å². The van der Waals surface area contributed by atoms with Gasteiger partial charge in [-0.15, -0.1) is 0 Å². The van der Waals surface area contributed by atoms with Crippen molar-refractivity contribution in [2.45, 2.75) is 65.2 Å². The van der Waals surface area contributed by atoms with E-state index >= 15 is 0 Å². The van der Waals surface area contributed by atoms with Crippen LogP contribution in [0.25, 0.3) is 0 Å². The Morgan fingerprint density at radius 2 is 1.88 bits per heavy atom. The zero-order valence-corrected chi connectivity index (χ0v) is 16.0. The van der Waals surface area contributed by atoms with Crippen molar-refractivity contribution in [2.24, 2.45) is 44.8 Å². The van der Waals surface area contributed by atoms with Crippen LogP contribution in [0.4, 0.5) is 0 Å². The molecule has 4 aliphatic carbocycles. The van der Waals surface area contributed by atoms with E-state index in [2.05, 4.69) is 30.2 Å². The molecule has 5 nitrogen and oxygen atoms in total. The van der Waals surface area contributed by atoms with Crippen LogP contribution in [0.3, 0.4) is 0 Å². The Morgan fingerprint density at radius 3 is 2.58 bits per heavy atom. The lowest BCUT2D eigenvalue weighted by atomic mass is 9.46. The van der Waals surface area contributed by atoms with Crippen molar-refractivity contribution in [1.29, 1.82) is 0 Å². The summed E-state index contributed by atoms with van der Waals surface area (Å²) in [5.41, 5.74) is 3.29. The number of aliphatic hydroxyl groups excluding tert-OH is 1. The molecule has 0 aliphatic heterocycles. The summed E-state index contributed by atoms with van der Waals surface area (Å²) >= 11 is 0. The minimum Gasteiger partial charge on any atom is -0.411 e. The molecular formula is C21H32N2O3. The van der Waals surface area contributed by atoms with Crippen molar-refractivity contribution in [3.63, 3.8) is 0 Å². The van der Waals surface area contributed by atoms with Gasteiger partial charge in [0.25, 0.3) is 0 Å². The minimum atomic E-state index is -0.133. The highest BCUT2D eigenvalue weighted by atomic mass is 16.4. The summed E-state index contributed by atoms with van der Waals surface area (Å²) in [4.78, 5) is 0. The third-order valence-electron chi connectivity index (χ3n) is 8.80. The van der Waals surface area contributed by atoms with E-state index in [1.165, 1.54) is 24.8 Å². The fourth-order valence-corrected chi connectivity index (χ4v) is 7.41. The number of fused-ring (bicyclic) bond motifs is 5. The van der Waals surface area contributed by atoms with Crippen LogP contribution in [-0.4, -0.2) is 33.6 Å². The smallest absolute Gasteiger partial charge is 0.0860 e. The number of oxime groups is 2. The maximum Gasteiger partial charge on any atom is 0.0860 e. The third-order valence-corrected chi connectivity index (χ3v) is 8.80. The van der Waals surface area contributed by atoms with Crippen LogP contribution in [0.5, 0.6) is 0 Å². The lowest BCUT2D eigenvalue weighted by molar-refractivity contribution is -0.0414. The van der Waals surface area contributed by atoms with E-state index in [4.69, 9.17) is 0 Å². The SMILES string of the molecule is C[C@]12CC[C@H]3[C@@H](CCC4=C/C(=N\O)CC[C@@]43C)[C@@H]1CC[C@@H]2/C(CO)=N\O. The molecule has 0 heterocycles. The molecule has 144 valence electrons. The Kier molecular flexibility index (Phi) is 4.41. The number of hydrogen-bond acceptors (Lipinski definition) is 5. The summed E-state index contributed by atoms with van der Waals surface area (Å²) < 4.78 is 0. The topological polar surface area (TPSA) is 85.4 Å². The first-order valence-corrected chi connectivity index (χ1v) is 10.2. The molecule has 6 atom stereocenters. The van der Waals surface area contributed by atoms with Crippen molar-refractivity contribution in [3.8, 4) is 0 Å². The second kappa shape index (κ2) is 6.36. The van der Waals surface area contributed by atoms with Gasteiger partial charge in [-0.2, -0.15) is 0 Å². The molecule has 3 N–H and O–H groups in total. The summed E-state index contributed by atoms with van der Waals surface area (Å²) in [6, 6.07) is 0. The van der Waals surface area contributed by atoms with Crippen LogP contribution >= 0.6 is 0 Å². The highest BCUT2D eigenvalue weighted by Gasteiger charge is 2.59. The maximum absolute atomic E-state index is 9.64. The maximum atomic E-state index is 9.64. The zero-order valence-electron chi connectivity index (χ0n) is 16.0. The second-order valence-electron chi connectivity index (χ2n) is 9.52. The number of allylic oxidation sites excluding steroid dienone is 2. The third kappa shape index (κ3) is 2.39. The molecule has 3 fully saturated rings. The highest BCUT2D eigenvalue weighted by Crippen LogP contribution is 2.66. The van der Waals surface area contributed by atoms with Crippen LogP contribution in [0, 0.1) is 34.5 Å². The van der Waals surface area contributed by atoms with E-state index in [9.17, 15) is 15.5 Å². The monoisotopic (exact) mass is 360 g/mol. The van der Waals surface area contributed by atoms with Crippen LogP contribution < -0.4 is 0 Å². The van der Waals surface area contributed by atoms with Crippen molar-refractivity contribution in [1.82, 2.24) is 0 Å². The Balaban J connectivity index is 1.64. The van der Waals surface area contributed by atoms with Crippen molar-refractivity contribution in [3.05, 3.63) is 11.6 Å². The molecule has 0 saturated heterocycles. The predicted octanol–water partition coefficient (Wildman–Crippen LogP) is 4.22. The van der Waals surface area contributed by atoms with Gasteiger partial charge in [-0.05, 0) is 86.0 Å². The molecule has 0 aromatic heterocycles. The largest absolute Gasteiger partial charge is 0.411 e. The predicted molar refractivity (Wildman–Crippen MR) is 101 cm³/mol. The van der Waals surface area contributed by atoms with Gasteiger partial charge in [-0.25, -0.2) is 0 Å². The molecule has 3 saturated carbocycles. The lowest BCUT2D eigenvalue weighted by Crippen LogP contribution is -2.51. The highest BCUT2D eigenvalue weighted by molar-refractivity contribution is 5.96. The molecule has 0 aromatic rings. The lowest BCUT2D eigenvalue weighted by Gasteiger charge is -2.58. The summed E-state index contributed by atoms with van der Waals surface area (Å²) in [7, 11) is 0. The van der Waals surface area contributed by atoms with Gasteiger partial charge in [0.05, 0.1) is 18.0 Å². The van der Waals surface area contributed by atoms with Gasteiger partial charge in [0.1, 0.15) is 0 Å². The second-order valence-corrected chi connectivity index (χ2v) is 9.52. The molecular weight excluding hydrogens is 328 g/mol. The van der Waals surface area contributed by atoms with E-state index in [0.29, 0.717) is 23.5 Å². The summed E-state index contributed by atoms with van der Waals surface area (Å²) in [6.45, 7) is 4.68. The summed E-state index contributed by atoms with van der Waals surface area (Å²) in [5.74, 6) is 2.28. The molecule has 4 rings (SSSR count). The minimum absolute atomic E-state index is 0.133. The van der Waals surface area contributed by atoms with Crippen LogP contribution in [0.2, 0.25) is 0 Å². The van der Waals surface area contributed by atoms with Gasteiger partial charge >= 0.3 is 0 Å². The molecule has 0 radical (unpaired) electrons. The van der Waals surface area contributed by atoms with Gasteiger partial charge in [0.15, 0.2) is 0 Å². The van der Waals surface area contributed by atoms with Crippen molar-refractivity contribution in [2.75, 3.05) is 6.61 Å². The Bertz CT molecular complexity index is 670. The van der Waals surface area contributed by atoms with Gasteiger partial charge in [-0.1, -0.05) is 29.7 Å². The van der Waals surface area contributed by atoms with E-state index in [0.717, 1.165) is 37.8 Å². The van der Waals surface area contributed by atoms with Crippen molar-refractivity contribution < 1.29 is 15.5 Å². The van der Waals surface area contributed by atoms with Crippen LogP contribution in [0.1, 0.15) is 65.2 Å². The summed E-state index contributed by atoms with van der Waals surface area (Å²) in [5, 5.41) is 35.1. The fraction of sp³-hybridized carbons (Fsp3) is 0.810. The molecule has 0 unspecified atom stereocenters. The number of hydrogen-bond donors (Lipinski definition) is 3. The standard InChI is InChI=1S/C21H32N2O3/c1-20-9-7-14(22-25)11-13(20)3-4-15-16-5-6-18(19(12-24)23-26)21(16,2)10-8-17(15)20/h11,15-18,24-26H,3-10,12H2,1-2H3/b22-14-,23-19-/t15-,16-,17-,18+,20-,21-/m0/s1. The van der Waals surface area contributed by atoms with Gasteiger partial charge in [0.2, 0.25) is 0 Å². The van der Waals surface area contributed by atoms with Gasteiger partial charge in [-0.3, -0.25) is 0 Å². The first-order valence-electron chi connectivity index (χ1n) is 10.2.